The molecular formula is C14H18INS2. The van der Waals surface area contributed by atoms with E-state index >= 15 is 0 Å². The molecule has 0 radical (unpaired) electrons. The van der Waals surface area contributed by atoms with Gasteiger partial charge in [-0.2, -0.15) is 0 Å². The Morgan fingerprint density at radius 2 is 2.17 bits per heavy atom. The van der Waals surface area contributed by atoms with E-state index in [0.717, 1.165) is 13.0 Å². The number of halogens is 1. The number of rotatable bonds is 6. The van der Waals surface area contributed by atoms with Crippen molar-refractivity contribution >= 4 is 45.3 Å². The average molecular weight is 391 g/mol. The molecule has 0 aromatic carbocycles. The van der Waals surface area contributed by atoms with Crippen LogP contribution in [0.3, 0.4) is 0 Å². The van der Waals surface area contributed by atoms with Crippen LogP contribution in [0.5, 0.6) is 0 Å². The minimum Gasteiger partial charge on any atom is -0.306 e. The largest absolute Gasteiger partial charge is 0.306 e. The van der Waals surface area contributed by atoms with E-state index in [1.807, 2.05) is 22.7 Å². The lowest BCUT2D eigenvalue weighted by Gasteiger charge is -2.15. The number of nitrogens with one attached hydrogen (secondary N) is 1. The van der Waals surface area contributed by atoms with Crippen LogP contribution >= 0.6 is 45.3 Å². The monoisotopic (exact) mass is 391 g/mol. The molecule has 0 saturated carbocycles. The van der Waals surface area contributed by atoms with E-state index in [2.05, 4.69) is 65.3 Å². The van der Waals surface area contributed by atoms with Crippen molar-refractivity contribution in [2.75, 3.05) is 6.54 Å². The van der Waals surface area contributed by atoms with Gasteiger partial charge in [0.25, 0.3) is 0 Å². The number of aryl methyl sites for hydroxylation is 1. The van der Waals surface area contributed by atoms with Gasteiger partial charge in [-0.05, 0) is 71.1 Å². The lowest BCUT2D eigenvalue weighted by atomic mass is 10.1. The molecule has 0 aliphatic heterocycles. The Labute approximate surface area is 131 Å². The Balaban J connectivity index is 2.24. The SMILES string of the molecule is CCCNC(c1csc(I)c1)c1ccc(CC)s1. The van der Waals surface area contributed by atoms with E-state index in [4.69, 9.17) is 0 Å². The lowest BCUT2D eigenvalue weighted by Crippen LogP contribution is -2.21. The van der Waals surface area contributed by atoms with Gasteiger partial charge in [0.1, 0.15) is 0 Å². The predicted octanol–water partition coefficient (Wildman–Crippen LogP) is 5.07. The molecule has 18 heavy (non-hydrogen) atoms. The van der Waals surface area contributed by atoms with Crippen LogP contribution < -0.4 is 5.32 Å². The van der Waals surface area contributed by atoms with Gasteiger partial charge in [0.15, 0.2) is 0 Å². The second kappa shape index (κ2) is 7.03. The molecular weight excluding hydrogens is 373 g/mol. The zero-order valence-corrected chi connectivity index (χ0v) is 14.5. The van der Waals surface area contributed by atoms with E-state index in [0.29, 0.717) is 6.04 Å². The molecule has 0 fully saturated rings. The third-order valence-corrected chi connectivity index (χ3v) is 5.94. The smallest absolute Gasteiger partial charge is 0.0679 e. The van der Waals surface area contributed by atoms with Crippen LogP contribution in [0, 0.1) is 2.88 Å². The third-order valence-electron chi connectivity index (χ3n) is 2.83. The molecule has 0 bridgehead atoms. The molecule has 2 rings (SSSR count). The lowest BCUT2D eigenvalue weighted by molar-refractivity contribution is 0.607. The summed E-state index contributed by atoms with van der Waals surface area (Å²) in [4.78, 5) is 2.91. The summed E-state index contributed by atoms with van der Waals surface area (Å²) < 4.78 is 1.36. The van der Waals surface area contributed by atoms with Gasteiger partial charge in [0.05, 0.1) is 8.93 Å². The first kappa shape index (κ1) is 14.5. The molecule has 1 nitrogen and oxygen atoms in total. The predicted molar refractivity (Wildman–Crippen MR) is 90.9 cm³/mol. The zero-order chi connectivity index (χ0) is 13.0. The molecule has 0 spiro atoms. The highest BCUT2D eigenvalue weighted by Crippen LogP contribution is 2.31. The fourth-order valence-corrected chi connectivity index (χ4v) is 4.34. The Kier molecular flexibility index (Phi) is 5.66. The van der Waals surface area contributed by atoms with Crippen LogP contribution in [0.15, 0.2) is 23.6 Å². The summed E-state index contributed by atoms with van der Waals surface area (Å²) in [5.41, 5.74) is 1.40. The molecule has 4 heteroatoms. The molecule has 2 aromatic rings. The summed E-state index contributed by atoms with van der Waals surface area (Å²) in [6, 6.07) is 7.21. The molecule has 1 atom stereocenters. The van der Waals surface area contributed by atoms with Crippen LogP contribution in [0.2, 0.25) is 0 Å². The first-order valence-electron chi connectivity index (χ1n) is 6.30. The minimum atomic E-state index is 0.370. The van der Waals surface area contributed by atoms with Crippen molar-refractivity contribution in [1.82, 2.24) is 5.32 Å². The van der Waals surface area contributed by atoms with E-state index in [1.165, 1.54) is 24.6 Å². The highest BCUT2D eigenvalue weighted by atomic mass is 127. The number of hydrogen-bond donors (Lipinski definition) is 1. The molecule has 0 aliphatic rings. The summed E-state index contributed by atoms with van der Waals surface area (Å²) in [6.45, 7) is 5.50. The standard InChI is InChI=1S/C14H18INS2/c1-3-7-16-14(10-8-13(15)17-9-10)12-6-5-11(4-2)18-12/h5-6,8-9,14,16H,3-4,7H2,1-2H3. The number of hydrogen-bond acceptors (Lipinski definition) is 3. The molecule has 1 N–H and O–H groups in total. The van der Waals surface area contributed by atoms with Crippen molar-refractivity contribution in [3.63, 3.8) is 0 Å². The number of thiophene rings is 2. The first-order chi connectivity index (χ1) is 8.74. The van der Waals surface area contributed by atoms with Crippen molar-refractivity contribution in [2.24, 2.45) is 0 Å². The molecule has 98 valence electrons. The van der Waals surface area contributed by atoms with Gasteiger partial charge in [0.2, 0.25) is 0 Å². The fourth-order valence-electron chi connectivity index (χ4n) is 1.89. The van der Waals surface area contributed by atoms with Crippen LogP contribution in [0.4, 0.5) is 0 Å². The Morgan fingerprint density at radius 1 is 1.33 bits per heavy atom. The summed E-state index contributed by atoms with van der Waals surface area (Å²) in [6.07, 6.45) is 2.30. The maximum absolute atomic E-state index is 3.67. The highest BCUT2D eigenvalue weighted by Gasteiger charge is 2.16. The van der Waals surface area contributed by atoms with Gasteiger partial charge in [-0.1, -0.05) is 13.8 Å². The third kappa shape index (κ3) is 3.56. The van der Waals surface area contributed by atoms with Crippen LogP contribution in [0.25, 0.3) is 0 Å². The minimum absolute atomic E-state index is 0.370. The Hall–Kier alpha value is 0.0900. The van der Waals surface area contributed by atoms with Gasteiger partial charge >= 0.3 is 0 Å². The second-order valence-corrected chi connectivity index (χ2v) is 8.23. The molecule has 2 heterocycles. The van der Waals surface area contributed by atoms with Crippen molar-refractivity contribution in [2.45, 2.75) is 32.7 Å². The molecule has 0 saturated heterocycles. The van der Waals surface area contributed by atoms with E-state index < -0.39 is 0 Å². The van der Waals surface area contributed by atoms with E-state index in [-0.39, 0.29) is 0 Å². The maximum Gasteiger partial charge on any atom is 0.0679 e. The highest BCUT2D eigenvalue weighted by molar-refractivity contribution is 14.1. The molecule has 0 aliphatic carbocycles. The van der Waals surface area contributed by atoms with Crippen molar-refractivity contribution in [3.8, 4) is 0 Å². The fraction of sp³-hybridized carbons (Fsp3) is 0.429. The summed E-state index contributed by atoms with van der Waals surface area (Å²) >= 11 is 6.16. The Bertz CT molecular complexity index is 489. The maximum atomic E-state index is 3.67. The van der Waals surface area contributed by atoms with Crippen molar-refractivity contribution in [1.29, 1.82) is 0 Å². The van der Waals surface area contributed by atoms with Gasteiger partial charge in [0, 0.05) is 9.75 Å². The second-order valence-electron chi connectivity index (χ2n) is 4.23. The van der Waals surface area contributed by atoms with Crippen LogP contribution in [0.1, 0.15) is 41.6 Å². The topological polar surface area (TPSA) is 12.0 Å². The zero-order valence-electron chi connectivity index (χ0n) is 10.7. The average Bonchev–Trinajstić information content (AvgIpc) is 2.99. The van der Waals surface area contributed by atoms with Gasteiger partial charge in [-0.15, -0.1) is 22.7 Å². The van der Waals surface area contributed by atoms with Crippen LogP contribution in [-0.2, 0) is 6.42 Å². The van der Waals surface area contributed by atoms with Crippen molar-refractivity contribution < 1.29 is 0 Å². The first-order valence-corrected chi connectivity index (χ1v) is 9.08. The van der Waals surface area contributed by atoms with Gasteiger partial charge in [-0.25, -0.2) is 0 Å². The molecule has 0 amide bonds. The quantitative estimate of drug-likeness (QED) is 0.679. The summed E-state index contributed by atoms with van der Waals surface area (Å²) in [5.74, 6) is 0. The Morgan fingerprint density at radius 3 is 2.72 bits per heavy atom. The van der Waals surface area contributed by atoms with Gasteiger partial charge in [-0.3, -0.25) is 0 Å². The van der Waals surface area contributed by atoms with Gasteiger partial charge < -0.3 is 5.32 Å². The molecule has 2 aromatic heterocycles. The molecule has 1 unspecified atom stereocenters. The van der Waals surface area contributed by atoms with Crippen molar-refractivity contribution in [3.05, 3.63) is 41.8 Å². The van der Waals surface area contributed by atoms with E-state index in [9.17, 15) is 0 Å². The summed E-state index contributed by atoms with van der Waals surface area (Å²) in [7, 11) is 0. The van der Waals surface area contributed by atoms with Crippen LogP contribution in [-0.4, -0.2) is 6.54 Å². The van der Waals surface area contributed by atoms with E-state index in [1.54, 1.807) is 0 Å². The summed E-state index contributed by atoms with van der Waals surface area (Å²) in [5, 5.41) is 5.94. The normalized spacial score (nSPS) is 12.8.